The molecule has 2 aromatic carbocycles. The fourth-order valence-corrected chi connectivity index (χ4v) is 3.01. The van der Waals surface area contributed by atoms with Gasteiger partial charge in [-0.3, -0.25) is 14.4 Å². The highest BCUT2D eigenvalue weighted by atomic mass is 16.2. The van der Waals surface area contributed by atoms with Crippen LogP contribution in [0.25, 0.3) is 0 Å². The second-order valence-corrected chi connectivity index (χ2v) is 6.36. The Bertz CT molecular complexity index is 828. The fourth-order valence-electron chi connectivity index (χ4n) is 3.01. The largest absolute Gasteiger partial charge is 0.366 e. The molecule has 0 radical (unpaired) electrons. The van der Waals surface area contributed by atoms with Crippen molar-refractivity contribution in [2.24, 2.45) is 11.7 Å². The third-order valence-corrected chi connectivity index (χ3v) is 4.59. The summed E-state index contributed by atoms with van der Waals surface area (Å²) >= 11 is 0. The molecule has 0 saturated carbocycles. The number of rotatable bonds is 5. The quantitative estimate of drug-likeness (QED) is 0.866. The lowest BCUT2D eigenvalue weighted by Crippen LogP contribution is -2.28. The van der Waals surface area contributed by atoms with Crippen LogP contribution in [0.5, 0.6) is 0 Å². The average Bonchev–Trinajstić information content (AvgIpc) is 3.04. The first-order chi connectivity index (χ1) is 12.5. The fraction of sp³-hybridized carbons (Fsp3) is 0.250. The average molecular weight is 351 g/mol. The van der Waals surface area contributed by atoms with E-state index in [9.17, 15) is 14.4 Å². The Balaban J connectivity index is 1.65. The molecule has 1 aliphatic heterocycles. The zero-order chi connectivity index (χ0) is 18.7. The molecule has 0 spiro atoms. The Kier molecular flexibility index (Phi) is 5.02. The van der Waals surface area contributed by atoms with Gasteiger partial charge in [-0.1, -0.05) is 19.1 Å². The summed E-state index contributed by atoms with van der Waals surface area (Å²) in [4.78, 5) is 37.5. The number of aryl methyl sites for hydroxylation is 1. The first kappa shape index (κ1) is 17.7. The summed E-state index contributed by atoms with van der Waals surface area (Å²) in [5, 5.41) is 2.79. The Hall–Kier alpha value is -3.15. The Morgan fingerprint density at radius 3 is 2.35 bits per heavy atom. The molecule has 134 valence electrons. The third kappa shape index (κ3) is 3.74. The number of carbonyl (C=O) groups is 3. The summed E-state index contributed by atoms with van der Waals surface area (Å²) < 4.78 is 0. The van der Waals surface area contributed by atoms with E-state index in [1.807, 2.05) is 24.3 Å². The molecule has 1 aliphatic rings. The zero-order valence-corrected chi connectivity index (χ0v) is 14.6. The van der Waals surface area contributed by atoms with E-state index in [-0.39, 0.29) is 18.2 Å². The minimum atomic E-state index is -0.519. The molecule has 3 N–H and O–H groups in total. The lowest BCUT2D eigenvalue weighted by molar-refractivity contribution is -0.122. The van der Waals surface area contributed by atoms with E-state index in [4.69, 9.17) is 5.73 Å². The van der Waals surface area contributed by atoms with Gasteiger partial charge in [0.2, 0.25) is 17.7 Å². The number of amides is 3. The lowest BCUT2D eigenvalue weighted by atomic mass is 10.1. The van der Waals surface area contributed by atoms with Crippen molar-refractivity contribution in [3.63, 3.8) is 0 Å². The second-order valence-electron chi connectivity index (χ2n) is 6.36. The summed E-state index contributed by atoms with van der Waals surface area (Å²) in [6, 6.07) is 14.2. The second kappa shape index (κ2) is 7.39. The van der Waals surface area contributed by atoms with Crippen LogP contribution in [0.4, 0.5) is 11.4 Å². The minimum Gasteiger partial charge on any atom is -0.366 e. The Labute approximate surface area is 152 Å². The van der Waals surface area contributed by atoms with Crippen LogP contribution in [-0.4, -0.2) is 24.3 Å². The molecule has 26 heavy (non-hydrogen) atoms. The van der Waals surface area contributed by atoms with Crippen molar-refractivity contribution in [2.45, 2.75) is 19.8 Å². The van der Waals surface area contributed by atoms with Gasteiger partial charge in [0, 0.05) is 29.9 Å². The number of nitrogens with one attached hydrogen (secondary N) is 1. The van der Waals surface area contributed by atoms with Crippen molar-refractivity contribution in [1.82, 2.24) is 0 Å². The maximum atomic E-state index is 12.5. The molecule has 2 aromatic rings. The highest BCUT2D eigenvalue weighted by Crippen LogP contribution is 2.26. The van der Waals surface area contributed by atoms with E-state index in [0.717, 1.165) is 12.1 Å². The lowest BCUT2D eigenvalue weighted by Gasteiger charge is -2.17. The van der Waals surface area contributed by atoms with Gasteiger partial charge in [-0.2, -0.15) is 0 Å². The van der Waals surface area contributed by atoms with Gasteiger partial charge in [-0.25, -0.2) is 0 Å². The minimum absolute atomic E-state index is 0.0570. The van der Waals surface area contributed by atoms with Crippen LogP contribution in [0.15, 0.2) is 48.5 Å². The number of nitrogens with zero attached hydrogens (tertiary/aromatic N) is 1. The summed E-state index contributed by atoms with van der Waals surface area (Å²) in [5.74, 6) is -1.20. The molecular weight excluding hydrogens is 330 g/mol. The molecule has 0 aliphatic carbocycles. The van der Waals surface area contributed by atoms with Crippen molar-refractivity contribution in [2.75, 3.05) is 16.8 Å². The summed E-state index contributed by atoms with van der Waals surface area (Å²) in [7, 11) is 0. The predicted molar refractivity (Wildman–Crippen MR) is 99.9 cm³/mol. The topological polar surface area (TPSA) is 92.5 Å². The number of carbonyl (C=O) groups excluding carboxylic acids is 3. The summed E-state index contributed by atoms with van der Waals surface area (Å²) in [5.41, 5.74) is 8.16. The van der Waals surface area contributed by atoms with Crippen LogP contribution in [0.1, 0.15) is 29.3 Å². The molecule has 1 atom stereocenters. The summed E-state index contributed by atoms with van der Waals surface area (Å²) in [6.07, 6.45) is 1.12. The smallest absolute Gasteiger partial charge is 0.248 e. The van der Waals surface area contributed by atoms with Crippen LogP contribution >= 0.6 is 0 Å². The highest BCUT2D eigenvalue weighted by molar-refractivity contribution is 6.03. The zero-order valence-electron chi connectivity index (χ0n) is 14.6. The molecule has 0 unspecified atom stereocenters. The third-order valence-electron chi connectivity index (χ3n) is 4.59. The molecule has 0 bridgehead atoms. The van der Waals surface area contributed by atoms with Crippen molar-refractivity contribution in [3.8, 4) is 0 Å². The molecule has 1 saturated heterocycles. The predicted octanol–water partition coefficient (Wildman–Crippen LogP) is 2.34. The molecule has 3 amide bonds. The number of hydrogen-bond acceptors (Lipinski definition) is 3. The van der Waals surface area contributed by atoms with Crippen LogP contribution in [0, 0.1) is 5.92 Å². The number of anilines is 2. The number of primary amides is 1. The van der Waals surface area contributed by atoms with Gasteiger partial charge in [-0.05, 0) is 48.4 Å². The van der Waals surface area contributed by atoms with Crippen molar-refractivity contribution >= 4 is 29.1 Å². The number of nitrogens with two attached hydrogens (primary N) is 1. The van der Waals surface area contributed by atoms with Gasteiger partial charge in [-0.15, -0.1) is 0 Å². The maximum Gasteiger partial charge on any atom is 0.248 e. The molecule has 6 nitrogen and oxygen atoms in total. The van der Waals surface area contributed by atoms with Crippen molar-refractivity contribution < 1.29 is 14.4 Å². The van der Waals surface area contributed by atoms with E-state index < -0.39 is 11.8 Å². The highest BCUT2D eigenvalue weighted by Gasteiger charge is 2.35. The van der Waals surface area contributed by atoms with Crippen molar-refractivity contribution in [1.29, 1.82) is 0 Å². The van der Waals surface area contributed by atoms with E-state index in [0.29, 0.717) is 17.8 Å². The molecular formula is C20H21N3O3. The standard InChI is InChI=1S/C20H21N3O3/c1-2-13-3-9-17(10-4-13)23-12-15(11-18(23)24)20(26)22-16-7-5-14(6-8-16)19(21)25/h3-10,15H,2,11-12H2,1H3,(H2,21,25)(H,22,26)/t15-/m1/s1. The van der Waals surface area contributed by atoms with Crippen LogP contribution in [0.3, 0.4) is 0 Å². The first-order valence-electron chi connectivity index (χ1n) is 8.58. The van der Waals surface area contributed by atoms with Gasteiger partial charge in [0.25, 0.3) is 0 Å². The van der Waals surface area contributed by atoms with E-state index in [2.05, 4.69) is 12.2 Å². The Morgan fingerprint density at radius 1 is 1.12 bits per heavy atom. The van der Waals surface area contributed by atoms with Gasteiger partial charge < -0.3 is 16.0 Å². The van der Waals surface area contributed by atoms with E-state index in [1.54, 1.807) is 29.2 Å². The van der Waals surface area contributed by atoms with Gasteiger partial charge >= 0.3 is 0 Å². The van der Waals surface area contributed by atoms with Crippen molar-refractivity contribution in [3.05, 3.63) is 59.7 Å². The number of benzene rings is 2. The molecule has 0 aromatic heterocycles. The normalized spacial score (nSPS) is 16.6. The summed E-state index contributed by atoms with van der Waals surface area (Å²) in [6.45, 7) is 2.43. The van der Waals surface area contributed by atoms with Gasteiger partial charge in [0.1, 0.15) is 0 Å². The van der Waals surface area contributed by atoms with E-state index >= 15 is 0 Å². The monoisotopic (exact) mass is 351 g/mol. The number of hydrogen-bond donors (Lipinski definition) is 2. The Morgan fingerprint density at radius 2 is 1.77 bits per heavy atom. The van der Waals surface area contributed by atoms with Crippen LogP contribution < -0.4 is 16.0 Å². The molecule has 6 heteroatoms. The van der Waals surface area contributed by atoms with Crippen LogP contribution in [0.2, 0.25) is 0 Å². The van der Waals surface area contributed by atoms with Gasteiger partial charge in [0.15, 0.2) is 0 Å². The van der Waals surface area contributed by atoms with E-state index in [1.165, 1.54) is 5.56 Å². The van der Waals surface area contributed by atoms with Crippen LogP contribution in [-0.2, 0) is 16.0 Å². The molecule has 3 rings (SSSR count). The SMILES string of the molecule is CCc1ccc(N2C[C@H](C(=O)Nc3ccc(C(N)=O)cc3)CC2=O)cc1. The molecule has 1 heterocycles. The van der Waals surface area contributed by atoms with Gasteiger partial charge in [0.05, 0.1) is 5.92 Å². The first-order valence-corrected chi connectivity index (χ1v) is 8.58. The maximum absolute atomic E-state index is 12.5. The molecule has 1 fully saturated rings.